The molecule has 0 aromatic carbocycles. The highest BCUT2D eigenvalue weighted by atomic mass is 32.2. The standard InChI is InChI=1S/C10H15N3OS2/c1-2-7-3-11-9(16-7)4-12-10(14)8-5-15-6-13-8/h3,8,13H,2,4-6H2,1H3,(H,12,14). The van der Waals surface area contributed by atoms with E-state index in [1.165, 1.54) is 4.88 Å². The van der Waals surface area contributed by atoms with Gasteiger partial charge in [-0.1, -0.05) is 6.92 Å². The molecule has 1 unspecified atom stereocenters. The first kappa shape index (κ1) is 11.9. The lowest BCUT2D eigenvalue weighted by atomic mass is 10.3. The molecule has 88 valence electrons. The highest BCUT2D eigenvalue weighted by molar-refractivity contribution is 7.99. The molecule has 0 spiro atoms. The molecule has 2 rings (SSSR count). The van der Waals surface area contributed by atoms with Gasteiger partial charge >= 0.3 is 0 Å². The number of nitrogens with zero attached hydrogens (tertiary/aromatic N) is 1. The molecular formula is C10H15N3OS2. The summed E-state index contributed by atoms with van der Waals surface area (Å²) in [7, 11) is 0. The molecular weight excluding hydrogens is 242 g/mol. The number of amides is 1. The summed E-state index contributed by atoms with van der Waals surface area (Å²) >= 11 is 3.42. The minimum absolute atomic E-state index is 0.0318. The minimum atomic E-state index is -0.0318. The predicted molar refractivity (Wildman–Crippen MR) is 67.6 cm³/mol. The van der Waals surface area contributed by atoms with Crippen molar-refractivity contribution >= 4 is 29.0 Å². The lowest BCUT2D eigenvalue weighted by Crippen LogP contribution is -2.41. The summed E-state index contributed by atoms with van der Waals surface area (Å²) in [5.74, 6) is 1.82. The van der Waals surface area contributed by atoms with E-state index in [-0.39, 0.29) is 11.9 Å². The maximum Gasteiger partial charge on any atom is 0.238 e. The van der Waals surface area contributed by atoms with Gasteiger partial charge in [-0.15, -0.1) is 23.1 Å². The van der Waals surface area contributed by atoms with Crippen LogP contribution in [0.5, 0.6) is 0 Å². The Labute approximate surface area is 103 Å². The molecule has 1 fully saturated rings. The van der Waals surface area contributed by atoms with Gasteiger partial charge in [0.2, 0.25) is 5.91 Å². The first-order valence-corrected chi connectivity index (χ1v) is 7.29. The second-order valence-electron chi connectivity index (χ2n) is 3.56. The van der Waals surface area contributed by atoms with Crippen molar-refractivity contribution in [2.24, 2.45) is 0 Å². The number of thioether (sulfide) groups is 1. The molecule has 1 saturated heterocycles. The molecule has 1 aliphatic heterocycles. The Morgan fingerprint density at radius 1 is 1.75 bits per heavy atom. The zero-order valence-corrected chi connectivity index (χ0v) is 10.8. The van der Waals surface area contributed by atoms with Crippen molar-refractivity contribution in [2.45, 2.75) is 25.9 Å². The van der Waals surface area contributed by atoms with Gasteiger partial charge in [-0.25, -0.2) is 4.98 Å². The first-order chi connectivity index (χ1) is 7.79. The molecule has 1 atom stereocenters. The Kier molecular flexibility index (Phi) is 4.20. The second-order valence-corrected chi connectivity index (χ2v) is 5.79. The molecule has 2 N–H and O–H groups in total. The van der Waals surface area contributed by atoms with E-state index in [2.05, 4.69) is 22.5 Å². The Morgan fingerprint density at radius 2 is 2.62 bits per heavy atom. The minimum Gasteiger partial charge on any atom is -0.348 e. The number of aromatic nitrogens is 1. The maximum absolute atomic E-state index is 11.7. The van der Waals surface area contributed by atoms with E-state index in [9.17, 15) is 4.79 Å². The number of nitrogens with one attached hydrogen (secondary N) is 2. The van der Waals surface area contributed by atoms with Gasteiger partial charge in [0.25, 0.3) is 0 Å². The fraction of sp³-hybridized carbons (Fsp3) is 0.600. The first-order valence-electron chi connectivity index (χ1n) is 5.32. The summed E-state index contributed by atoms with van der Waals surface area (Å²) in [5, 5.41) is 7.04. The van der Waals surface area contributed by atoms with Crippen molar-refractivity contribution in [3.8, 4) is 0 Å². The SMILES string of the molecule is CCc1cnc(CNC(=O)C2CSCN2)s1. The van der Waals surface area contributed by atoms with Gasteiger partial charge < -0.3 is 5.32 Å². The van der Waals surface area contributed by atoms with E-state index in [1.54, 1.807) is 23.1 Å². The third-order valence-corrected chi connectivity index (χ3v) is 4.48. The van der Waals surface area contributed by atoms with Crippen LogP contribution in [0.2, 0.25) is 0 Å². The van der Waals surface area contributed by atoms with Crippen molar-refractivity contribution in [3.05, 3.63) is 16.1 Å². The van der Waals surface area contributed by atoms with Crippen LogP contribution < -0.4 is 10.6 Å². The van der Waals surface area contributed by atoms with Gasteiger partial charge in [-0.3, -0.25) is 10.1 Å². The van der Waals surface area contributed by atoms with Crippen molar-refractivity contribution in [2.75, 3.05) is 11.6 Å². The largest absolute Gasteiger partial charge is 0.348 e. The van der Waals surface area contributed by atoms with Crippen LogP contribution in [0.4, 0.5) is 0 Å². The fourth-order valence-corrected chi connectivity index (χ4v) is 3.19. The molecule has 1 aromatic heterocycles. The van der Waals surface area contributed by atoms with Crippen LogP contribution in [0.1, 0.15) is 16.8 Å². The van der Waals surface area contributed by atoms with Crippen LogP contribution in [0.25, 0.3) is 0 Å². The number of aryl methyl sites for hydroxylation is 1. The zero-order chi connectivity index (χ0) is 11.4. The normalized spacial score (nSPS) is 19.9. The van der Waals surface area contributed by atoms with Crippen LogP contribution in [-0.2, 0) is 17.8 Å². The number of hydrogen-bond donors (Lipinski definition) is 2. The average Bonchev–Trinajstić information content (AvgIpc) is 2.96. The van der Waals surface area contributed by atoms with E-state index < -0.39 is 0 Å². The van der Waals surface area contributed by atoms with Crippen molar-refractivity contribution in [3.63, 3.8) is 0 Å². The number of hydrogen-bond acceptors (Lipinski definition) is 5. The summed E-state index contributed by atoms with van der Waals surface area (Å²) in [6.07, 6.45) is 2.89. The van der Waals surface area contributed by atoms with Crippen molar-refractivity contribution in [1.82, 2.24) is 15.6 Å². The van der Waals surface area contributed by atoms with E-state index >= 15 is 0 Å². The summed E-state index contributed by atoms with van der Waals surface area (Å²) in [6, 6.07) is -0.0318. The van der Waals surface area contributed by atoms with Crippen molar-refractivity contribution in [1.29, 1.82) is 0 Å². The van der Waals surface area contributed by atoms with Crippen LogP contribution in [0, 0.1) is 0 Å². The van der Waals surface area contributed by atoms with Gasteiger partial charge in [0, 0.05) is 22.7 Å². The summed E-state index contributed by atoms with van der Waals surface area (Å²) in [4.78, 5) is 17.2. The lowest BCUT2D eigenvalue weighted by molar-refractivity contribution is -0.122. The molecule has 0 radical (unpaired) electrons. The third-order valence-electron chi connectivity index (χ3n) is 2.40. The number of rotatable bonds is 4. The maximum atomic E-state index is 11.7. The molecule has 0 saturated carbocycles. The quantitative estimate of drug-likeness (QED) is 0.844. The summed E-state index contributed by atoms with van der Waals surface area (Å²) in [6.45, 7) is 2.65. The van der Waals surface area contributed by atoms with E-state index in [0.717, 1.165) is 23.1 Å². The monoisotopic (exact) mass is 257 g/mol. The van der Waals surface area contributed by atoms with Crippen molar-refractivity contribution < 1.29 is 4.79 Å². The Hall–Kier alpha value is -0.590. The Balaban J connectivity index is 1.80. The molecule has 6 heteroatoms. The highest BCUT2D eigenvalue weighted by Crippen LogP contribution is 2.13. The fourth-order valence-electron chi connectivity index (χ4n) is 1.44. The van der Waals surface area contributed by atoms with Gasteiger partial charge in [-0.2, -0.15) is 0 Å². The molecule has 0 aliphatic carbocycles. The topological polar surface area (TPSA) is 54.0 Å². The molecule has 1 amide bonds. The van der Waals surface area contributed by atoms with Gasteiger partial charge in [0.15, 0.2) is 0 Å². The molecule has 1 aromatic rings. The van der Waals surface area contributed by atoms with Crippen LogP contribution in [-0.4, -0.2) is 28.6 Å². The molecule has 0 bridgehead atoms. The Bertz CT molecular complexity index is 361. The molecule has 16 heavy (non-hydrogen) atoms. The molecule has 2 heterocycles. The van der Waals surface area contributed by atoms with Crippen LogP contribution >= 0.6 is 23.1 Å². The van der Waals surface area contributed by atoms with E-state index in [4.69, 9.17) is 0 Å². The molecule has 1 aliphatic rings. The van der Waals surface area contributed by atoms with E-state index in [0.29, 0.717) is 6.54 Å². The molecule has 4 nitrogen and oxygen atoms in total. The van der Waals surface area contributed by atoms with Gasteiger partial charge in [-0.05, 0) is 6.42 Å². The average molecular weight is 257 g/mol. The lowest BCUT2D eigenvalue weighted by Gasteiger charge is -2.08. The second kappa shape index (κ2) is 5.65. The smallest absolute Gasteiger partial charge is 0.238 e. The number of carbonyl (C=O) groups excluding carboxylic acids is 1. The van der Waals surface area contributed by atoms with Gasteiger partial charge in [0.1, 0.15) is 5.01 Å². The third kappa shape index (κ3) is 2.96. The predicted octanol–water partition coefficient (Wildman–Crippen LogP) is 0.984. The van der Waals surface area contributed by atoms with E-state index in [1.807, 2.05) is 6.20 Å². The number of carbonyl (C=O) groups is 1. The van der Waals surface area contributed by atoms with Gasteiger partial charge in [0.05, 0.1) is 12.6 Å². The number of thiazole rings is 1. The van der Waals surface area contributed by atoms with Crippen LogP contribution in [0.15, 0.2) is 6.20 Å². The summed E-state index contributed by atoms with van der Waals surface area (Å²) < 4.78 is 0. The Morgan fingerprint density at radius 3 is 3.25 bits per heavy atom. The zero-order valence-electron chi connectivity index (χ0n) is 9.16. The highest BCUT2D eigenvalue weighted by Gasteiger charge is 2.22. The summed E-state index contributed by atoms with van der Waals surface area (Å²) in [5.41, 5.74) is 0. The van der Waals surface area contributed by atoms with Crippen LogP contribution in [0.3, 0.4) is 0 Å².